The third-order valence-electron chi connectivity index (χ3n) is 5.37. The van der Waals surface area contributed by atoms with Crippen LogP contribution < -0.4 is 5.32 Å². The molecule has 0 aromatic heterocycles. The highest BCUT2D eigenvalue weighted by atomic mass is 15.1. The maximum absolute atomic E-state index is 3.77. The van der Waals surface area contributed by atoms with E-state index < -0.39 is 0 Å². The van der Waals surface area contributed by atoms with Crippen molar-refractivity contribution in [2.45, 2.75) is 77.3 Å². The molecule has 4 unspecified atom stereocenters. The summed E-state index contributed by atoms with van der Waals surface area (Å²) in [5.41, 5.74) is 0. The molecule has 2 fully saturated rings. The quantitative estimate of drug-likeness (QED) is 0.789. The molecule has 2 saturated carbocycles. The standard InChI is InChI=1S/C17H34N2/c1-4-11-18-17-10-6-8-15(17)13-19(3)16-9-5-7-14(2)12-16/h14-18H,4-13H2,1-3H3. The van der Waals surface area contributed by atoms with Gasteiger partial charge in [0.15, 0.2) is 0 Å². The molecule has 0 bridgehead atoms. The Bertz CT molecular complexity index is 254. The summed E-state index contributed by atoms with van der Waals surface area (Å²) in [4.78, 5) is 2.69. The van der Waals surface area contributed by atoms with Crippen molar-refractivity contribution >= 4 is 0 Å². The second-order valence-corrected chi connectivity index (χ2v) is 7.12. The molecule has 0 amide bonds. The van der Waals surface area contributed by atoms with Gasteiger partial charge in [0, 0.05) is 18.6 Å². The summed E-state index contributed by atoms with van der Waals surface area (Å²) in [5.74, 6) is 1.84. The monoisotopic (exact) mass is 266 g/mol. The zero-order valence-corrected chi connectivity index (χ0v) is 13.3. The van der Waals surface area contributed by atoms with E-state index in [9.17, 15) is 0 Å². The van der Waals surface area contributed by atoms with Gasteiger partial charge in [0.1, 0.15) is 0 Å². The number of nitrogens with zero attached hydrogens (tertiary/aromatic N) is 1. The van der Waals surface area contributed by atoms with Gasteiger partial charge in [0.05, 0.1) is 0 Å². The molecule has 2 heteroatoms. The van der Waals surface area contributed by atoms with Crippen LogP contribution in [0.25, 0.3) is 0 Å². The average molecular weight is 266 g/mol. The first kappa shape index (κ1) is 15.3. The molecule has 19 heavy (non-hydrogen) atoms. The van der Waals surface area contributed by atoms with Crippen molar-refractivity contribution in [2.24, 2.45) is 11.8 Å². The zero-order valence-electron chi connectivity index (χ0n) is 13.3. The van der Waals surface area contributed by atoms with Crippen LogP contribution in [0.3, 0.4) is 0 Å². The SMILES string of the molecule is CCCNC1CCCC1CN(C)C1CCCC(C)C1. The average Bonchev–Trinajstić information content (AvgIpc) is 2.83. The fraction of sp³-hybridized carbons (Fsp3) is 1.00. The van der Waals surface area contributed by atoms with E-state index in [1.165, 1.54) is 64.5 Å². The van der Waals surface area contributed by atoms with Crippen LogP contribution in [0.15, 0.2) is 0 Å². The molecule has 0 aromatic rings. The largest absolute Gasteiger partial charge is 0.314 e. The van der Waals surface area contributed by atoms with Crippen molar-refractivity contribution in [3.05, 3.63) is 0 Å². The summed E-state index contributed by atoms with van der Waals surface area (Å²) in [6, 6.07) is 1.65. The minimum absolute atomic E-state index is 0.795. The highest BCUT2D eigenvalue weighted by Gasteiger charge is 2.30. The third kappa shape index (κ3) is 4.46. The van der Waals surface area contributed by atoms with Crippen LogP contribution in [0.2, 0.25) is 0 Å². The predicted molar refractivity (Wildman–Crippen MR) is 83.5 cm³/mol. The molecule has 0 aliphatic heterocycles. The highest BCUT2D eigenvalue weighted by molar-refractivity contribution is 4.87. The van der Waals surface area contributed by atoms with Gasteiger partial charge in [-0.15, -0.1) is 0 Å². The number of hydrogen-bond acceptors (Lipinski definition) is 2. The molecular formula is C17H34N2. The lowest BCUT2D eigenvalue weighted by Gasteiger charge is -2.36. The molecular weight excluding hydrogens is 232 g/mol. The smallest absolute Gasteiger partial charge is 0.0107 e. The van der Waals surface area contributed by atoms with Crippen molar-refractivity contribution in [3.63, 3.8) is 0 Å². The molecule has 112 valence electrons. The van der Waals surface area contributed by atoms with E-state index in [-0.39, 0.29) is 0 Å². The normalized spacial score (nSPS) is 36.0. The maximum atomic E-state index is 3.77. The summed E-state index contributed by atoms with van der Waals surface area (Å²) < 4.78 is 0. The fourth-order valence-corrected chi connectivity index (χ4v) is 4.18. The van der Waals surface area contributed by atoms with Gasteiger partial charge < -0.3 is 10.2 Å². The van der Waals surface area contributed by atoms with Gasteiger partial charge >= 0.3 is 0 Å². The Hall–Kier alpha value is -0.0800. The molecule has 2 aliphatic rings. The summed E-state index contributed by atoms with van der Waals surface area (Å²) in [7, 11) is 2.37. The van der Waals surface area contributed by atoms with Gasteiger partial charge in [-0.25, -0.2) is 0 Å². The van der Waals surface area contributed by atoms with E-state index in [0.29, 0.717) is 0 Å². The molecule has 0 radical (unpaired) electrons. The predicted octanol–water partition coefficient (Wildman–Crippen LogP) is 3.67. The Kier molecular flexibility index (Phi) is 6.15. The van der Waals surface area contributed by atoms with Crippen molar-refractivity contribution in [1.82, 2.24) is 10.2 Å². The van der Waals surface area contributed by atoms with E-state index in [1.54, 1.807) is 0 Å². The second kappa shape index (κ2) is 7.64. The molecule has 0 saturated heterocycles. The van der Waals surface area contributed by atoms with Crippen molar-refractivity contribution < 1.29 is 0 Å². The summed E-state index contributed by atoms with van der Waals surface area (Å²) in [6.07, 6.45) is 11.3. The van der Waals surface area contributed by atoms with E-state index in [2.05, 4.69) is 31.1 Å². The zero-order chi connectivity index (χ0) is 13.7. The van der Waals surface area contributed by atoms with Gasteiger partial charge in [-0.2, -0.15) is 0 Å². The first-order valence-electron chi connectivity index (χ1n) is 8.64. The fourth-order valence-electron chi connectivity index (χ4n) is 4.18. The lowest BCUT2D eigenvalue weighted by Crippen LogP contribution is -2.43. The van der Waals surface area contributed by atoms with Crippen molar-refractivity contribution in [3.8, 4) is 0 Å². The Morgan fingerprint density at radius 1 is 1.11 bits per heavy atom. The third-order valence-corrected chi connectivity index (χ3v) is 5.37. The maximum Gasteiger partial charge on any atom is 0.0107 e. The minimum atomic E-state index is 0.795. The first-order valence-corrected chi connectivity index (χ1v) is 8.64. The van der Waals surface area contributed by atoms with Gasteiger partial charge in [0.25, 0.3) is 0 Å². The molecule has 0 spiro atoms. The van der Waals surface area contributed by atoms with Crippen LogP contribution in [-0.4, -0.2) is 37.1 Å². The van der Waals surface area contributed by atoms with Crippen LogP contribution in [0.1, 0.15) is 65.2 Å². The topological polar surface area (TPSA) is 15.3 Å². The van der Waals surface area contributed by atoms with E-state index in [0.717, 1.165) is 23.9 Å². The van der Waals surface area contributed by atoms with E-state index in [1.807, 2.05) is 0 Å². The molecule has 1 N–H and O–H groups in total. The second-order valence-electron chi connectivity index (χ2n) is 7.12. The molecule has 2 rings (SSSR count). The van der Waals surface area contributed by atoms with E-state index >= 15 is 0 Å². The van der Waals surface area contributed by atoms with Crippen LogP contribution in [0.5, 0.6) is 0 Å². The van der Waals surface area contributed by atoms with Crippen molar-refractivity contribution in [1.29, 1.82) is 0 Å². The summed E-state index contributed by atoms with van der Waals surface area (Å²) >= 11 is 0. The summed E-state index contributed by atoms with van der Waals surface area (Å²) in [5, 5.41) is 3.77. The Labute approximate surface area is 120 Å². The lowest BCUT2D eigenvalue weighted by atomic mass is 9.86. The first-order chi connectivity index (χ1) is 9.20. The van der Waals surface area contributed by atoms with Crippen molar-refractivity contribution in [2.75, 3.05) is 20.1 Å². The Balaban J connectivity index is 1.78. The molecule has 2 aliphatic carbocycles. The van der Waals surface area contributed by atoms with Crippen LogP contribution in [0, 0.1) is 11.8 Å². The molecule has 0 aromatic carbocycles. The van der Waals surface area contributed by atoms with Gasteiger partial charge in [-0.3, -0.25) is 0 Å². The Morgan fingerprint density at radius 2 is 1.89 bits per heavy atom. The van der Waals surface area contributed by atoms with E-state index in [4.69, 9.17) is 0 Å². The van der Waals surface area contributed by atoms with Crippen LogP contribution in [0.4, 0.5) is 0 Å². The van der Waals surface area contributed by atoms with Gasteiger partial charge in [0.2, 0.25) is 0 Å². The highest BCUT2D eigenvalue weighted by Crippen LogP contribution is 2.30. The molecule has 4 atom stereocenters. The number of rotatable bonds is 6. The number of nitrogens with one attached hydrogen (secondary N) is 1. The molecule has 2 nitrogen and oxygen atoms in total. The Morgan fingerprint density at radius 3 is 2.63 bits per heavy atom. The summed E-state index contributed by atoms with van der Waals surface area (Å²) in [6.45, 7) is 7.22. The molecule has 0 heterocycles. The van der Waals surface area contributed by atoms with Crippen LogP contribution >= 0.6 is 0 Å². The van der Waals surface area contributed by atoms with Gasteiger partial charge in [-0.1, -0.05) is 33.1 Å². The van der Waals surface area contributed by atoms with Gasteiger partial charge in [-0.05, 0) is 57.5 Å². The van der Waals surface area contributed by atoms with Crippen LogP contribution in [-0.2, 0) is 0 Å². The minimum Gasteiger partial charge on any atom is -0.314 e. The number of hydrogen-bond donors (Lipinski definition) is 1. The lowest BCUT2D eigenvalue weighted by molar-refractivity contribution is 0.137.